The number of hydrogen-bond donors (Lipinski definition) is 1. The predicted octanol–water partition coefficient (Wildman–Crippen LogP) is 2.74. The minimum atomic E-state index is 0.767. The Morgan fingerprint density at radius 3 is 2.86 bits per heavy atom. The zero-order valence-electron chi connectivity index (χ0n) is 8.00. The molecule has 0 aliphatic rings. The second-order valence-corrected chi connectivity index (χ2v) is 4.02. The summed E-state index contributed by atoms with van der Waals surface area (Å²) in [5.41, 5.74) is 1.89. The summed E-state index contributed by atoms with van der Waals surface area (Å²) in [7, 11) is 1.86. The van der Waals surface area contributed by atoms with Crippen LogP contribution < -0.4 is 5.32 Å². The molecule has 0 atom stereocenters. The first-order chi connectivity index (χ1) is 6.70. The molecule has 0 bridgehead atoms. The van der Waals surface area contributed by atoms with Crippen LogP contribution in [0.3, 0.4) is 0 Å². The molecule has 2 heterocycles. The molecular weight excluding hydrogens is 242 g/mol. The van der Waals surface area contributed by atoms with Crippen LogP contribution in [0.1, 0.15) is 5.56 Å². The van der Waals surface area contributed by atoms with Gasteiger partial charge >= 0.3 is 0 Å². The van der Waals surface area contributed by atoms with Crippen LogP contribution in [0.2, 0.25) is 0 Å². The highest BCUT2D eigenvalue weighted by atomic mass is 79.9. The Balaban J connectivity index is 2.73. The van der Waals surface area contributed by atoms with Crippen molar-refractivity contribution in [3.05, 3.63) is 28.4 Å². The molecule has 0 amide bonds. The number of halogens is 1. The lowest BCUT2D eigenvalue weighted by atomic mass is 10.2. The Hall–Kier alpha value is -1.16. The molecule has 0 unspecified atom stereocenters. The van der Waals surface area contributed by atoms with Crippen molar-refractivity contribution in [2.75, 3.05) is 12.4 Å². The molecule has 0 spiro atoms. The van der Waals surface area contributed by atoms with Gasteiger partial charge in [0, 0.05) is 23.1 Å². The van der Waals surface area contributed by atoms with E-state index in [4.69, 9.17) is 0 Å². The quantitative estimate of drug-likeness (QED) is 0.847. The van der Waals surface area contributed by atoms with Crippen LogP contribution in [0.25, 0.3) is 11.0 Å². The van der Waals surface area contributed by atoms with Gasteiger partial charge in [-0.3, -0.25) is 0 Å². The molecule has 0 radical (unpaired) electrons. The molecule has 0 saturated heterocycles. The van der Waals surface area contributed by atoms with Crippen LogP contribution in [0.5, 0.6) is 0 Å². The van der Waals surface area contributed by atoms with E-state index in [9.17, 15) is 0 Å². The van der Waals surface area contributed by atoms with E-state index < -0.39 is 0 Å². The average Bonchev–Trinajstić information content (AvgIpc) is 2.16. The largest absolute Gasteiger partial charge is 0.373 e. The molecule has 0 fully saturated rings. The fraction of sp³-hybridized carbons (Fsp3) is 0.200. The summed E-state index contributed by atoms with van der Waals surface area (Å²) in [5, 5.41) is 4.09. The van der Waals surface area contributed by atoms with Crippen molar-refractivity contribution < 1.29 is 0 Å². The fourth-order valence-corrected chi connectivity index (χ4v) is 1.75. The Morgan fingerprint density at radius 2 is 2.14 bits per heavy atom. The molecule has 2 aromatic rings. The molecule has 0 aliphatic carbocycles. The van der Waals surface area contributed by atoms with E-state index in [1.54, 1.807) is 6.20 Å². The summed E-state index contributed by atoms with van der Waals surface area (Å²) in [6.45, 7) is 2.03. The van der Waals surface area contributed by atoms with Crippen LogP contribution >= 0.6 is 15.9 Å². The number of hydrogen-bond acceptors (Lipinski definition) is 3. The van der Waals surface area contributed by atoms with Crippen molar-refractivity contribution in [2.45, 2.75) is 6.92 Å². The van der Waals surface area contributed by atoms with E-state index in [-0.39, 0.29) is 0 Å². The highest BCUT2D eigenvalue weighted by molar-refractivity contribution is 9.10. The monoisotopic (exact) mass is 251 g/mol. The van der Waals surface area contributed by atoms with Gasteiger partial charge in [0.25, 0.3) is 0 Å². The second kappa shape index (κ2) is 3.53. The number of fused-ring (bicyclic) bond motifs is 1. The summed E-state index contributed by atoms with van der Waals surface area (Å²) < 4.78 is 0.975. The van der Waals surface area contributed by atoms with Crippen molar-refractivity contribution in [1.82, 2.24) is 9.97 Å². The first-order valence-electron chi connectivity index (χ1n) is 4.31. The molecule has 3 nitrogen and oxygen atoms in total. The molecule has 72 valence electrons. The fourth-order valence-electron chi connectivity index (χ4n) is 1.40. The zero-order chi connectivity index (χ0) is 10.1. The Bertz CT molecular complexity index is 482. The number of nitrogens with one attached hydrogen (secondary N) is 1. The summed E-state index contributed by atoms with van der Waals surface area (Å²) in [4.78, 5) is 8.62. The van der Waals surface area contributed by atoms with Crippen LogP contribution in [-0.2, 0) is 0 Å². The number of rotatable bonds is 1. The number of aromatic nitrogens is 2. The van der Waals surface area contributed by atoms with Crippen molar-refractivity contribution in [3.63, 3.8) is 0 Å². The van der Waals surface area contributed by atoms with Gasteiger partial charge in [-0.2, -0.15) is 0 Å². The smallest absolute Gasteiger partial charge is 0.161 e. The van der Waals surface area contributed by atoms with E-state index >= 15 is 0 Å². The number of aryl methyl sites for hydroxylation is 1. The maximum absolute atomic E-state index is 4.39. The normalized spacial score (nSPS) is 10.5. The van der Waals surface area contributed by atoms with E-state index in [2.05, 4.69) is 37.3 Å². The van der Waals surface area contributed by atoms with E-state index in [1.807, 2.05) is 20.0 Å². The van der Waals surface area contributed by atoms with Gasteiger partial charge < -0.3 is 5.32 Å². The molecule has 1 N–H and O–H groups in total. The van der Waals surface area contributed by atoms with Gasteiger partial charge in [-0.15, -0.1) is 0 Å². The zero-order valence-corrected chi connectivity index (χ0v) is 9.59. The van der Waals surface area contributed by atoms with Gasteiger partial charge in [-0.1, -0.05) is 0 Å². The van der Waals surface area contributed by atoms with Crippen molar-refractivity contribution >= 4 is 32.8 Å². The molecule has 2 rings (SSSR count). The number of pyridine rings is 2. The van der Waals surface area contributed by atoms with E-state index in [0.717, 1.165) is 26.9 Å². The maximum Gasteiger partial charge on any atom is 0.161 e. The van der Waals surface area contributed by atoms with Crippen LogP contribution in [-0.4, -0.2) is 17.0 Å². The van der Waals surface area contributed by atoms with Crippen LogP contribution in [0, 0.1) is 6.92 Å². The lowest BCUT2D eigenvalue weighted by molar-refractivity contribution is 1.23. The van der Waals surface area contributed by atoms with Gasteiger partial charge in [0.15, 0.2) is 5.65 Å². The maximum atomic E-state index is 4.39. The summed E-state index contributed by atoms with van der Waals surface area (Å²) in [6, 6.07) is 4.09. The number of anilines is 1. The Labute approximate surface area is 90.7 Å². The molecule has 2 aromatic heterocycles. The van der Waals surface area contributed by atoms with Gasteiger partial charge in [0.2, 0.25) is 0 Å². The van der Waals surface area contributed by atoms with Gasteiger partial charge in [-0.25, -0.2) is 9.97 Å². The summed E-state index contributed by atoms with van der Waals surface area (Å²) in [6.07, 6.45) is 1.75. The van der Waals surface area contributed by atoms with Crippen molar-refractivity contribution in [1.29, 1.82) is 0 Å². The molecule has 4 heteroatoms. The van der Waals surface area contributed by atoms with Crippen molar-refractivity contribution in [2.24, 2.45) is 0 Å². The molecule has 0 saturated carbocycles. The second-order valence-electron chi connectivity index (χ2n) is 3.10. The Kier molecular flexibility index (Phi) is 2.37. The third-order valence-electron chi connectivity index (χ3n) is 2.06. The first-order valence-corrected chi connectivity index (χ1v) is 5.10. The minimum absolute atomic E-state index is 0.767. The summed E-state index contributed by atoms with van der Waals surface area (Å²) >= 11 is 3.39. The van der Waals surface area contributed by atoms with Crippen LogP contribution in [0.4, 0.5) is 5.82 Å². The minimum Gasteiger partial charge on any atom is -0.373 e. The Morgan fingerprint density at radius 1 is 1.36 bits per heavy atom. The molecular formula is C10H10BrN3. The number of nitrogens with zero attached hydrogens (tertiary/aromatic N) is 2. The molecule has 0 aliphatic heterocycles. The lowest BCUT2D eigenvalue weighted by Crippen LogP contribution is -1.96. The first kappa shape index (κ1) is 9.40. The van der Waals surface area contributed by atoms with Gasteiger partial charge in [0.1, 0.15) is 5.82 Å². The highest BCUT2D eigenvalue weighted by Gasteiger charge is 2.02. The van der Waals surface area contributed by atoms with Crippen LogP contribution in [0.15, 0.2) is 22.8 Å². The third-order valence-corrected chi connectivity index (χ3v) is 2.50. The van der Waals surface area contributed by atoms with E-state index in [0.29, 0.717) is 0 Å². The SMILES string of the molecule is CNc1nc2ncc(Br)cc2cc1C. The van der Waals surface area contributed by atoms with Crippen molar-refractivity contribution in [3.8, 4) is 0 Å². The predicted molar refractivity (Wildman–Crippen MR) is 61.5 cm³/mol. The van der Waals surface area contributed by atoms with Gasteiger partial charge in [-0.05, 0) is 40.5 Å². The summed E-state index contributed by atoms with van der Waals surface area (Å²) in [5.74, 6) is 0.882. The topological polar surface area (TPSA) is 37.8 Å². The molecule has 14 heavy (non-hydrogen) atoms. The highest BCUT2D eigenvalue weighted by Crippen LogP contribution is 2.20. The standard InChI is InChI=1S/C10H10BrN3/c1-6-3-7-4-8(11)5-13-10(7)14-9(6)12-2/h3-5H,1-2H3,(H,12,13,14). The van der Waals surface area contributed by atoms with E-state index in [1.165, 1.54) is 0 Å². The lowest BCUT2D eigenvalue weighted by Gasteiger charge is -2.05. The third kappa shape index (κ3) is 1.57. The van der Waals surface area contributed by atoms with Gasteiger partial charge in [0.05, 0.1) is 0 Å². The molecule has 0 aromatic carbocycles. The average molecular weight is 252 g/mol.